The Morgan fingerprint density at radius 3 is 2.70 bits per heavy atom. The van der Waals surface area contributed by atoms with E-state index in [2.05, 4.69) is 15.4 Å². The Labute approximate surface area is 134 Å². The molecule has 0 saturated heterocycles. The third-order valence-electron chi connectivity index (χ3n) is 2.95. The van der Waals surface area contributed by atoms with Crippen molar-refractivity contribution in [1.82, 2.24) is 14.8 Å². The molecule has 1 amide bonds. The fourth-order valence-electron chi connectivity index (χ4n) is 1.87. The number of halogens is 3. The third-order valence-corrected chi connectivity index (χ3v) is 3.18. The number of rotatable bonds is 3. The highest BCUT2D eigenvalue weighted by molar-refractivity contribution is 6.30. The molecule has 5 nitrogen and oxygen atoms in total. The minimum atomic E-state index is -1.01. The summed E-state index contributed by atoms with van der Waals surface area (Å²) >= 11 is 5.83. The number of aromatic nitrogens is 3. The van der Waals surface area contributed by atoms with Gasteiger partial charge in [-0.05, 0) is 30.3 Å². The number of anilines is 1. The van der Waals surface area contributed by atoms with E-state index < -0.39 is 17.5 Å². The number of nitrogens with zero attached hydrogens (tertiary/aromatic N) is 3. The Morgan fingerprint density at radius 2 is 1.96 bits per heavy atom. The van der Waals surface area contributed by atoms with Gasteiger partial charge < -0.3 is 5.32 Å². The highest BCUT2D eigenvalue weighted by atomic mass is 35.5. The van der Waals surface area contributed by atoms with Crippen molar-refractivity contribution in [1.29, 1.82) is 0 Å². The molecular formula is C15H9ClF2N4O. The van der Waals surface area contributed by atoms with Gasteiger partial charge in [-0.2, -0.15) is 0 Å². The normalized spacial score (nSPS) is 10.6. The summed E-state index contributed by atoms with van der Waals surface area (Å²) in [5.41, 5.74) is 0.741. The van der Waals surface area contributed by atoms with E-state index in [1.54, 1.807) is 24.3 Å². The lowest BCUT2D eigenvalue weighted by atomic mass is 10.3. The van der Waals surface area contributed by atoms with Crippen LogP contribution in [0.15, 0.2) is 48.8 Å². The van der Waals surface area contributed by atoms with Gasteiger partial charge in [0.25, 0.3) is 5.91 Å². The Morgan fingerprint density at radius 1 is 1.13 bits per heavy atom. The van der Waals surface area contributed by atoms with Crippen LogP contribution in [0.5, 0.6) is 0 Å². The van der Waals surface area contributed by atoms with Crippen LogP contribution in [0.3, 0.4) is 0 Å². The van der Waals surface area contributed by atoms with Gasteiger partial charge >= 0.3 is 0 Å². The van der Waals surface area contributed by atoms with Gasteiger partial charge in [-0.3, -0.25) is 4.79 Å². The average Bonchev–Trinajstić information content (AvgIpc) is 3.00. The van der Waals surface area contributed by atoms with Crippen LogP contribution in [-0.2, 0) is 0 Å². The summed E-state index contributed by atoms with van der Waals surface area (Å²) in [4.78, 5) is 15.9. The summed E-state index contributed by atoms with van der Waals surface area (Å²) < 4.78 is 27.3. The van der Waals surface area contributed by atoms with Gasteiger partial charge in [-0.25, -0.2) is 18.4 Å². The van der Waals surface area contributed by atoms with Crippen LogP contribution in [0, 0.1) is 11.6 Å². The Kier molecular flexibility index (Phi) is 4.03. The van der Waals surface area contributed by atoms with Crippen molar-refractivity contribution in [2.24, 2.45) is 0 Å². The molecule has 0 unspecified atom stereocenters. The van der Waals surface area contributed by atoms with E-state index in [4.69, 9.17) is 11.6 Å². The number of amides is 1. The topological polar surface area (TPSA) is 59.8 Å². The number of carbonyl (C=O) groups is 1. The quantitative estimate of drug-likeness (QED) is 0.798. The second-order valence-electron chi connectivity index (χ2n) is 4.58. The third kappa shape index (κ3) is 3.35. The van der Waals surface area contributed by atoms with Crippen molar-refractivity contribution in [3.05, 3.63) is 71.3 Å². The first kappa shape index (κ1) is 15.1. The maximum atomic E-state index is 13.2. The summed E-state index contributed by atoms with van der Waals surface area (Å²) in [5.74, 6) is -2.64. The SMILES string of the molecule is O=C(Nc1cccc(Cl)c1)c1ncn(-c2ccc(F)c(F)c2)n1. The lowest BCUT2D eigenvalue weighted by molar-refractivity contribution is 0.101. The molecule has 0 atom stereocenters. The standard InChI is InChI=1S/C15H9ClF2N4O/c16-9-2-1-3-10(6-9)20-15(23)14-19-8-22(21-14)11-4-5-12(17)13(18)7-11/h1-8H,(H,20,23). The molecule has 3 rings (SSSR count). The minimum absolute atomic E-state index is 0.116. The molecule has 0 saturated carbocycles. The first-order chi connectivity index (χ1) is 11.0. The molecule has 1 aromatic heterocycles. The molecule has 0 fully saturated rings. The van der Waals surface area contributed by atoms with Crippen LogP contribution < -0.4 is 5.32 Å². The first-order valence-corrected chi connectivity index (χ1v) is 6.85. The van der Waals surface area contributed by atoms with Gasteiger partial charge in [0.1, 0.15) is 6.33 Å². The molecular weight excluding hydrogens is 326 g/mol. The molecule has 0 bridgehead atoms. The molecule has 8 heteroatoms. The van der Waals surface area contributed by atoms with Crippen molar-refractivity contribution in [3.8, 4) is 5.69 Å². The molecule has 116 valence electrons. The predicted molar refractivity (Wildman–Crippen MR) is 80.7 cm³/mol. The first-order valence-electron chi connectivity index (χ1n) is 6.47. The molecule has 3 aromatic rings. The lowest BCUT2D eigenvalue weighted by Crippen LogP contribution is -2.14. The van der Waals surface area contributed by atoms with Crippen LogP contribution in [0.1, 0.15) is 10.6 Å². The predicted octanol–water partition coefficient (Wildman–Crippen LogP) is 3.45. The van der Waals surface area contributed by atoms with Gasteiger partial charge in [0.15, 0.2) is 11.6 Å². The van der Waals surface area contributed by atoms with Crippen LogP contribution >= 0.6 is 11.6 Å². The van der Waals surface area contributed by atoms with Crippen molar-refractivity contribution >= 4 is 23.2 Å². The molecule has 0 aliphatic carbocycles. The Bertz CT molecular complexity index is 881. The molecule has 0 aliphatic heterocycles. The molecule has 2 aromatic carbocycles. The number of hydrogen-bond acceptors (Lipinski definition) is 3. The minimum Gasteiger partial charge on any atom is -0.319 e. The Hall–Kier alpha value is -2.80. The van der Waals surface area contributed by atoms with Crippen LogP contribution in [0.2, 0.25) is 5.02 Å². The Balaban J connectivity index is 1.81. The monoisotopic (exact) mass is 334 g/mol. The fraction of sp³-hybridized carbons (Fsp3) is 0. The van der Waals surface area contributed by atoms with E-state index in [1.807, 2.05) is 0 Å². The molecule has 23 heavy (non-hydrogen) atoms. The van der Waals surface area contributed by atoms with Crippen molar-refractivity contribution < 1.29 is 13.6 Å². The fourth-order valence-corrected chi connectivity index (χ4v) is 2.06. The van der Waals surface area contributed by atoms with Crippen molar-refractivity contribution in [3.63, 3.8) is 0 Å². The lowest BCUT2D eigenvalue weighted by Gasteiger charge is -2.03. The zero-order valence-corrected chi connectivity index (χ0v) is 12.3. The zero-order chi connectivity index (χ0) is 16.4. The summed E-state index contributed by atoms with van der Waals surface area (Å²) in [6.45, 7) is 0. The van der Waals surface area contributed by atoms with Crippen LogP contribution in [0.25, 0.3) is 5.69 Å². The zero-order valence-electron chi connectivity index (χ0n) is 11.5. The highest BCUT2D eigenvalue weighted by Gasteiger charge is 2.13. The van der Waals surface area contributed by atoms with Crippen molar-refractivity contribution in [2.45, 2.75) is 0 Å². The summed E-state index contributed by atoms with van der Waals surface area (Å²) in [5, 5.41) is 7.00. The van der Waals surface area contributed by atoms with E-state index in [9.17, 15) is 13.6 Å². The summed E-state index contributed by atoms with van der Waals surface area (Å²) in [6.07, 6.45) is 1.24. The summed E-state index contributed by atoms with van der Waals surface area (Å²) in [7, 11) is 0. The van der Waals surface area contributed by atoms with E-state index in [1.165, 1.54) is 17.1 Å². The molecule has 0 spiro atoms. The molecule has 0 aliphatic rings. The number of nitrogens with one attached hydrogen (secondary N) is 1. The van der Waals surface area contributed by atoms with Crippen molar-refractivity contribution in [2.75, 3.05) is 5.32 Å². The largest absolute Gasteiger partial charge is 0.319 e. The van der Waals surface area contributed by atoms with E-state index in [0.29, 0.717) is 10.7 Å². The molecule has 1 N–H and O–H groups in total. The van der Waals surface area contributed by atoms with E-state index >= 15 is 0 Å². The maximum Gasteiger partial charge on any atom is 0.295 e. The highest BCUT2D eigenvalue weighted by Crippen LogP contribution is 2.16. The van der Waals surface area contributed by atoms with Gasteiger partial charge in [-0.15, -0.1) is 5.10 Å². The smallest absolute Gasteiger partial charge is 0.295 e. The van der Waals surface area contributed by atoms with Gasteiger partial charge in [0.2, 0.25) is 5.82 Å². The molecule has 1 heterocycles. The summed E-state index contributed by atoms with van der Waals surface area (Å²) in [6, 6.07) is 9.85. The van der Waals surface area contributed by atoms with Crippen LogP contribution in [-0.4, -0.2) is 20.7 Å². The van der Waals surface area contributed by atoms with Crippen LogP contribution in [0.4, 0.5) is 14.5 Å². The van der Waals surface area contributed by atoms with Gasteiger partial charge in [0.05, 0.1) is 5.69 Å². The molecule has 0 radical (unpaired) electrons. The van der Waals surface area contributed by atoms with Gasteiger partial charge in [0, 0.05) is 16.8 Å². The van der Waals surface area contributed by atoms with E-state index in [-0.39, 0.29) is 11.5 Å². The number of hydrogen-bond donors (Lipinski definition) is 1. The second kappa shape index (κ2) is 6.13. The van der Waals surface area contributed by atoms with Gasteiger partial charge in [-0.1, -0.05) is 17.7 Å². The maximum absolute atomic E-state index is 13.2. The average molecular weight is 335 g/mol. The number of benzene rings is 2. The van der Waals surface area contributed by atoms with E-state index in [0.717, 1.165) is 12.1 Å². The second-order valence-corrected chi connectivity index (χ2v) is 5.01. The number of carbonyl (C=O) groups excluding carboxylic acids is 1.